The number of carbonyl (C=O) groups is 1. The Labute approximate surface area is 89.9 Å². The Morgan fingerprint density at radius 3 is 2.33 bits per heavy atom. The van der Waals surface area contributed by atoms with Crippen LogP contribution in [0.25, 0.3) is 0 Å². The third kappa shape index (κ3) is 3.25. The fourth-order valence-electron chi connectivity index (χ4n) is 1.34. The minimum atomic E-state index is -0.476. The lowest BCUT2D eigenvalue weighted by atomic mass is 10.2. The van der Waals surface area contributed by atoms with Crippen LogP contribution < -0.4 is 16.4 Å². The van der Waals surface area contributed by atoms with Crippen molar-refractivity contribution in [2.75, 3.05) is 11.4 Å². The summed E-state index contributed by atoms with van der Waals surface area (Å²) in [6.07, 6.45) is 0. The van der Waals surface area contributed by atoms with Gasteiger partial charge in [0, 0.05) is 18.3 Å². The van der Waals surface area contributed by atoms with Gasteiger partial charge in [0.15, 0.2) is 0 Å². The summed E-state index contributed by atoms with van der Waals surface area (Å²) in [5.41, 5.74) is 12.9. The van der Waals surface area contributed by atoms with E-state index < -0.39 is 6.03 Å². The molecule has 15 heavy (non-hydrogen) atoms. The number of urea groups is 1. The molecule has 1 unspecified atom stereocenters. The first-order chi connectivity index (χ1) is 7.00. The fourth-order valence-corrected chi connectivity index (χ4v) is 1.34. The van der Waals surface area contributed by atoms with Crippen molar-refractivity contribution in [3.8, 4) is 0 Å². The number of amides is 2. The first-order valence-corrected chi connectivity index (χ1v) is 4.90. The molecule has 0 heterocycles. The van der Waals surface area contributed by atoms with E-state index in [9.17, 15) is 4.79 Å². The number of nitrogens with two attached hydrogens (primary N) is 2. The molecule has 0 aliphatic rings. The molecule has 1 aromatic rings. The van der Waals surface area contributed by atoms with E-state index >= 15 is 0 Å². The van der Waals surface area contributed by atoms with Crippen molar-refractivity contribution in [2.45, 2.75) is 19.9 Å². The van der Waals surface area contributed by atoms with Crippen LogP contribution in [0.15, 0.2) is 24.3 Å². The highest BCUT2D eigenvalue weighted by molar-refractivity contribution is 5.90. The summed E-state index contributed by atoms with van der Waals surface area (Å²) in [6, 6.07) is 7.03. The molecule has 1 atom stereocenters. The molecule has 0 fully saturated rings. The number of rotatable bonds is 3. The van der Waals surface area contributed by atoms with Gasteiger partial charge in [-0.05, 0) is 26.0 Å². The average molecular weight is 207 g/mol. The molecule has 4 nitrogen and oxygen atoms in total. The van der Waals surface area contributed by atoms with Gasteiger partial charge >= 0.3 is 6.03 Å². The fraction of sp³-hybridized carbons (Fsp3) is 0.364. The molecule has 4 heteroatoms. The van der Waals surface area contributed by atoms with Crippen LogP contribution in [0.2, 0.25) is 0 Å². The maximum atomic E-state index is 11.2. The van der Waals surface area contributed by atoms with Crippen LogP contribution in [0.4, 0.5) is 10.5 Å². The van der Waals surface area contributed by atoms with Gasteiger partial charge in [0.2, 0.25) is 0 Å². The second kappa shape index (κ2) is 4.79. The Morgan fingerprint density at radius 2 is 1.93 bits per heavy atom. The van der Waals surface area contributed by atoms with Crippen LogP contribution in [0.1, 0.15) is 12.5 Å². The van der Waals surface area contributed by atoms with Gasteiger partial charge < -0.3 is 11.5 Å². The molecule has 4 N–H and O–H groups in total. The average Bonchev–Trinajstić information content (AvgIpc) is 2.15. The molecule has 0 aliphatic heterocycles. The molecule has 0 saturated heterocycles. The quantitative estimate of drug-likeness (QED) is 0.782. The third-order valence-electron chi connectivity index (χ3n) is 2.08. The lowest BCUT2D eigenvalue weighted by molar-refractivity contribution is 0.253. The highest BCUT2D eigenvalue weighted by Gasteiger charge is 2.13. The molecule has 0 saturated carbocycles. The number of aryl methyl sites for hydroxylation is 1. The van der Waals surface area contributed by atoms with Crippen LogP contribution in [-0.4, -0.2) is 18.6 Å². The monoisotopic (exact) mass is 207 g/mol. The maximum absolute atomic E-state index is 11.2. The van der Waals surface area contributed by atoms with Crippen molar-refractivity contribution in [3.63, 3.8) is 0 Å². The summed E-state index contributed by atoms with van der Waals surface area (Å²) in [5.74, 6) is 0. The highest BCUT2D eigenvalue weighted by atomic mass is 16.2. The van der Waals surface area contributed by atoms with E-state index in [4.69, 9.17) is 11.5 Å². The number of benzene rings is 1. The van der Waals surface area contributed by atoms with Crippen molar-refractivity contribution < 1.29 is 4.79 Å². The van der Waals surface area contributed by atoms with Crippen LogP contribution in [0, 0.1) is 6.92 Å². The zero-order valence-corrected chi connectivity index (χ0v) is 9.10. The Morgan fingerprint density at radius 1 is 1.40 bits per heavy atom. The van der Waals surface area contributed by atoms with Crippen molar-refractivity contribution in [1.29, 1.82) is 0 Å². The van der Waals surface area contributed by atoms with Gasteiger partial charge in [-0.15, -0.1) is 0 Å². The smallest absolute Gasteiger partial charge is 0.319 e. The molecule has 1 rings (SSSR count). The van der Waals surface area contributed by atoms with E-state index in [-0.39, 0.29) is 6.04 Å². The molecular formula is C11H17N3O. The van der Waals surface area contributed by atoms with Crippen molar-refractivity contribution >= 4 is 11.7 Å². The van der Waals surface area contributed by atoms with Gasteiger partial charge in [-0.3, -0.25) is 4.90 Å². The molecule has 0 bridgehead atoms. The van der Waals surface area contributed by atoms with E-state index in [1.165, 1.54) is 4.90 Å². The third-order valence-corrected chi connectivity index (χ3v) is 2.08. The Bertz CT molecular complexity index is 332. The Balaban J connectivity index is 2.89. The van der Waals surface area contributed by atoms with Crippen LogP contribution in [0.3, 0.4) is 0 Å². The lowest BCUT2D eigenvalue weighted by Crippen LogP contribution is -2.42. The zero-order valence-electron chi connectivity index (χ0n) is 9.10. The van der Waals surface area contributed by atoms with E-state index in [1.807, 2.05) is 38.1 Å². The van der Waals surface area contributed by atoms with Gasteiger partial charge in [-0.25, -0.2) is 4.79 Å². The van der Waals surface area contributed by atoms with Crippen LogP contribution in [-0.2, 0) is 0 Å². The molecule has 0 aliphatic carbocycles. The normalized spacial score (nSPS) is 12.2. The summed E-state index contributed by atoms with van der Waals surface area (Å²) in [6.45, 7) is 4.26. The Kier molecular flexibility index (Phi) is 3.68. The van der Waals surface area contributed by atoms with Crippen molar-refractivity contribution in [2.24, 2.45) is 11.5 Å². The number of primary amides is 1. The van der Waals surface area contributed by atoms with Crippen molar-refractivity contribution in [3.05, 3.63) is 29.8 Å². The highest BCUT2D eigenvalue weighted by Crippen LogP contribution is 2.14. The van der Waals surface area contributed by atoms with E-state index in [1.54, 1.807) is 0 Å². The maximum Gasteiger partial charge on any atom is 0.319 e. The van der Waals surface area contributed by atoms with Gasteiger partial charge in [0.05, 0.1) is 0 Å². The van der Waals surface area contributed by atoms with Gasteiger partial charge in [0.25, 0.3) is 0 Å². The van der Waals surface area contributed by atoms with Gasteiger partial charge in [-0.2, -0.15) is 0 Å². The van der Waals surface area contributed by atoms with E-state index in [0.717, 1.165) is 11.3 Å². The molecular weight excluding hydrogens is 190 g/mol. The number of hydrogen-bond acceptors (Lipinski definition) is 2. The van der Waals surface area contributed by atoms with Crippen molar-refractivity contribution in [1.82, 2.24) is 0 Å². The zero-order chi connectivity index (χ0) is 11.4. The SMILES string of the molecule is Cc1ccc(N(CC(C)N)C(N)=O)cc1. The molecule has 1 aromatic carbocycles. The lowest BCUT2D eigenvalue weighted by Gasteiger charge is -2.22. The van der Waals surface area contributed by atoms with E-state index in [0.29, 0.717) is 6.54 Å². The first kappa shape index (κ1) is 11.5. The van der Waals surface area contributed by atoms with Crippen LogP contribution >= 0.6 is 0 Å². The second-order valence-electron chi connectivity index (χ2n) is 3.76. The minimum absolute atomic E-state index is 0.0983. The number of nitrogens with zero attached hydrogens (tertiary/aromatic N) is 1. The van der Waals surface area contributed by atoms with Gasteiger partial charge in [0.1, 0.15) is 0 Å². The predicted molar refractivity (Wildman–Crippen MR) is 61.8 cm³/mol. The number of anilines is 1. The topological polar surface area (TPSA) is 72.3 Å². The Hall–Kier alpha value is -1.55. The first-order valence-electron chi connectivity index (χ1n) is 4.90. The molecule has 82 valence electrons. The number of hydrogen-bond donors (Lipinski definition) is 2. The van der Waals surface area contributed by atoms with Gasteiger partial charge in [-0.1, -0.05) is 17.7 Å². The minimum Gasteiger partial charge on any atom is -0.351 e. The second-order valence-corrected chi connectivity index (χ2v) is 3.76. The largest absolute Gasteiger partial charge is 0.351 e. The summed E-state index contributed by atoms with van der Waals surface area (Å²) >= 11 is 0. The summed E-state index contributed by atoms with van der Waals surface area (Å²) in [4.78, 5) is 12.7. The van der Waals surface area contributed by atoms with E-state index in [2.05, 4.69) is 0 Å². The standard InChI is InChI=1S/C11H17N3O/c1-8-3-5-10(6-4-8)14(11(13)15)7-9(2)12/h3-6,9H,7,12H2,1-2H3,(H2,13,15). The summed E-state index contributed by atoms with van der Waals surface area (Å²) in [5, 5.41) is 0. The molecule has 2 amide bonds. The molecule has 0 spiro atoms. The predicted octanol–water partition coefficient (Wildman–Crippen LogP) is 1.23. The number of carbonyl (C=O) groups excluding carboxylic acids is 1. The van der Waals surface area contributed by atoms with Crippen LogP contribution in [0.5, 0.6) is 0 Å². The summed E-state index contributed by atoms with van der Waals surface area (Å²) in [7, 11) is 0. The summed E-state index contributed by atoms with van der Waals surface area (Å²) < 4.78 is 0. The molecule has 0 aromatic heterocycles. The molecule has 0 radical (unpaired) electrons.